The second-order valence-corrected chi connectivity index (χ2v) is 7.98. The number of amides is 1. The molecule has 0 spiro atoms. The van der Waals surface area contributed by atoms with E-state index >= 15 is 0 Å². The number of nitrogens with one attached hydrogen (secondary N) is 2. The van der Waals surface area contributed by atoms with E-state index < -0.39 is 0 Å². The Bertz CT molecular complexity index is 1000. The Kier molecular flexibility index (Phi) is 6.28. The highest BCUT2D eigenvalue weighted by atomic mass is 19.1. The number of aromatic nitrogens is 1. The summed E-state index contributed by atoms with van der Waals surface area (Å²) in [7, 11) is 0. The molecule has 0 aliphatic carbocycles. The molecule has 158 valence electrons. The van der Waals surface area contributed by atoms with Crippen LogP contribution in [0.2, 0.25) is 0 Å². The Morgan fingerprint density at radius 2 is 2.13 bits per heavy atom. The number of pyridine rings is 1. The molecule has 1 amide bonds. The third kappa shape index (κ3) is 4.97. The lowest BCUT2D eigenvalue weighted by atomic mass is 10.0. The van der Waals surface area contributed by atoms with Crippen molar-refractivity contribution in [1.82, 2.24) is 15.2 Å². The van der Waals surface area contributed by atoms with Crippen molar-refractivity contribution in [1.29, 1.82) is 0 Å². The van der Waals surface area contributed by atoms with Gasteiger partial charge in [0, 0.05) is 24.8 Å². The number of hydrogen-bond acceptors (Lipinski definition) is 5. The van der Waals surface area contributed by atoms with Crippen LogP contribution in [0.3, 0.4) is 0 Å². The van der Waals surface area contributed by atoms with Crippen LogP contribution in [0.1, 0.15) is 36.7 Å². The van der Waals surface area contributed by atoms with Gasteiger partial charge >= 0.3 is 0 Å². The molecule has 2 N–H and O–H groups in total. The molecular weight excluding hydrogens is 383 g/mol. The molecule has 30 heavy (non-hydrogen) atoms. The number of furan rings is 1. The lowest BCUT2D eigenvalue weighted by Crippen LogP contribution is -2.36. The van der Waals surface area contributed by atoms with Gasteiger partial charge in [-0.3, -0.25) is 4.79 Å². The smallest absolute Gasteiger partial charge is 0.270 e. The van der Waals surface area contributed by atoms with Crippen LogP contribution in [-0.2, 0) is 0 Å². The number of piperidine rings is 1. The summed E-state index contributed by atoms with van der Waals surface area (Å²) in [5.74, 6) is 0.710. The number of anilines is 2. The van der Waals surface area contributed by atoms with Gasteiger partial charge in [-0.15, -0.1) is 0 Å². The van der Waals surface area contributed by atoms with E-state index in [1.54, 1.807) is 30.5 Å². The van der Waals surface area contributed by atoms with Crippen molar-refractivity contribution < 1.29 is 13.6 Å². The van der Waals surface area contributed by atoms with Crippen molar-refractivity contribution in [2.75, 3.05) is 31.5 Å². The third-order valence-electron chi connectivity index (χ3n) is 5.47. The predicted molar refractivity (Wildman–Crippen MR) is 115 cm³/mol. The third-order valence-corrected chi connectivity index (χ3v) is 5.47. The van der Waals surface area contributed by atoms with Gasteiger partial charge < -0.3 is 20.0 Å². The molecule has 1 aromatic carbocycles. The van der Waals surface area contributed by atoms with Crippen molar-refractivity contribution in [3.8, 4) is 0 Å². The highest BCUT2D eigenvalue weighted by Gasteiger charge is 2.17. The van der Waals surface area contributed by atoms with Gasteiger partial charge in [0.05, 0.1) is 11.6 Å². The molecule has 7 heteroatoms. The van der Waals surface area contributed by atoms with Gasteiger partial charge in [-0.25, -0.2) is 9.37 Å². The van der Waals surface area contributed by atoms with Crippen LogP contribution in [-0.4, -0.2) is 42.0 Å². The molecule has 3 heterocycles. The number of hydrogen-bond donors (Lipinski definition) is 2. The van der Waals surface area contributed by atoms with Gasteiger partial charge in [0.25, 0.3) is 5.91 Å². The summed E-state index contributed by atoms with van der Waals surface area (Å²) >= 11 is 0. The number of carbonyl (C=O) groups is 1. The average Bonchev–Trinajstić information content (AvgIpc) is 3.22. The summed E-state index contributed by atoms with van der Waals surface area (Å²) in [6.45, 7) is 6.17. The summed E-state index contributed by atoms with van der Waals surface area (Å²) in [4.78, 5) is 19.6. The molecule has 0 radical (unpaired) electrons. The second-order valence-electron chi connectivity index (χ2n) is 7.98. The Morgan fingerprint density at radius 3 is 2.93 bits per heavy atom. The Hall–Kier alpha value is -2.93. The number of nitrogens with zero attached hydrogens (tertiary/aromatic N) is 2. The van der Waals surface area contributed by atoms with Crippen molar-refractivity contribution in [3.63, 3.8) is 0 Å². The fourth-order valence-corrected chi connectivity index (χ4v) is 3.93. The maximum atomic E-state index is 13.2. The molecule has 0 unspecified atom stereocenters. The summed E-state index contributed by atoms with van der Waals surface area (Å²) < 4.78 is 18.7. The first-order valence-corrected chi connectivity index (χ1v) is 10.5. The number of carbonyl (C=O) groups excluding carboxylic acids is 1. The minimum Gasteiger partial charge on any atom is -0.464 e. The SMILES string of the molecule is C[C@H]1CCCN(CCCNC(=O)c2cc3occc3c(Nc3ccc(F)cc3)n2)C1. The molecule has 6 nitrogen and oxygen atoms in total. The zero-order valence-electron chi connectivity index (χ0n) is 17.2. The summed E-state index contributed by atoms with van der Waals surface area (Å²) in [5.41, 5.74) is 1.54. The summed E-state index contributed by atoms with van der Waals surface area (Å²) in [6, 6.07) is 9.42. The average molecular weight is 410 g/mol. The first kappa shape index (κ1) is 20.3. The van der Waals surface area contributed by atoms with E-state index in [2.05, 4.69) is 27.4 Å². The van der Waals surface area contributed by atoms with Gasteiger partial charge in [-0.05, 0) is 68.6 Å². The van der Waals surface area contributed by atoms with E-state index in [0.717, 1.165) is 37.4 Å². The van der Waals surface area contributed by atoms with Crippen LogP contribution in [0.5, 0.6) is 0 Å². The fraction of sp³-hybridized carbons (Fsp3) is 0.391. The van der Waals surface area contributed by atoms with E-state index in [1.165, 1.54) is 25.0 Å². The monoisotopic (exact) mass is 410 g/mol. The molecule has 0 saturated carbocycles. The van der Waals surface area contributed by atoms with Gasteiger partial charge in [0.15, 0.2) is 0 Å². The van der Waals surface area contributed by atoms with Crippen molar-refractivity contribution in [2.45, 2.75) is 26.2 Å². The lowest BCUT2D eigenvalue weighted by Gasteiger charge is -2.30. The molecule has 1 fully saturated rings. The van der Waals surface area contributed by atoms with E-state index in [9.17, 15) is 9.18 Å². The second kappa shape index (κ2) is 9.26. The van der Waals surface area contributed by atoms with E-state index in [1.807, 2.05) is 0 Å². The molecule has 1 saturated heterocycles. The van der Waals surface area contributed by atoms with Crippen LogP contribution < -0.4 is 10.6 Å². The van der Waals surface area contributed by atoms with E-state index in [-0.39, 0.29) is 17.4 Å². The topological polar surface area (TPSA) is 70.4 Å². The normalized spacial score (nSPS) is 17.2. The molecule has 4 rings (SSSR count). The predicted octanol–water partition coefficient (Wildman–Crippen LogP) is 4.56. The van der Waals surface area contributed by atoms with Crippen molar-refractivity contribution in [3.05, 3.63) is 54.2 Å². The van der Waals surface area contributed by atoms with Gasteiger partial charge in [0.2, 0.25) is 0 Å². The van der Waals surface area contributed by atoms with Gasteiger partial charge in [-0.1, -0.05) is 6.92 Å². The fourth-order valence-electron chi connectivity index (χ4n) is 3.93. The molecule has 3 aromatic rings. The largest absolute Gasteiger partial charge is 0.464 e. The first-order valence-electron chi connectivity index (χ1n) is 10.5. The minimum atomic E-state index is -0.311. The van der Waals surface area contributed by atoms with Crippen LogP contribution in [0.4, 0.5) is 15.9 Å². The molecule has 1 atom stereocenters. The molecule has 1 aliphatic heterocycles. The molecule has 1 aliphatic rings. The van der Waals surface area contributed by atoms with Crippen LogP contribution in [0, 0.1) is 11.7 Å². The Balaban J connectivity index is 1.39. The number of fused-ring (bicyclic) bond motifs is 1. The summed E-state index contributed by atoms with van der Waals surface area (Å²) in [6.07, 6.45) is 5.03. The lowest BCUT2D eigenvalue weighted by molar-refractivity contribution is 0.0945. The maximum Gasteiger partial charge on any atom is 0.270 e. The zero-order valence-corrected chi connectivity index (χ0v) is 17.2. The molecule has 0 bridgehead atoms. The first-order chi connectivity index (χ1) is 14.6. The van der Waals surface area contributed by atoms with Gasteiger partial charge in [-0.2, -0.15) is 0 Å². The van der Waals surface area contributed by atoms with Crippen LogP contribution >= 0.6 is 0 Å². The summed E-state index contributed by atoms with van der Waals surface area (Å²) in [5, 5.41) is 6.86. The van der Waals surface area contributed by atoms with Crippen LogP contribution in [0.15, 0.2) is 47.1 Å². The Labute approximate surface area is 175 Å². The molecule has 2 aromatic heterocycles. The van der Waals surface area contributed by atoms with E-state index in [4.69, 9.17) is 4.42 Å². The van der Waals surface area contributed by atoms with Crippen molar-refractivity contribution >= 4 is 28.4 Å². The zero-order chi connectivity index (χ0) is 20.9. The molecular formula is C23H27FN4O2. The number of rotatable bonds is 7. The minimum absolute atomic E-state index is 0.234. The highest BCUT2D eigenvalue weighted by Crippen LogP contribution is 2.26. The van der Waals surface area contributed by atoms with Gasteiger partial charge in [0.1, 0.15) is 22.9 Å². The quantitative estimate of drug-likeness (QED) is 0.559. The number of likely N-dealkylation sites (tertiary alicyclic amines) is 1. The van der Waals surface area contributed by atoms with Crippen molar-refractivity contribution in [2.24, 2.45) is 5.92 Å². The maximum absolute atomic E-state index is 13.2. The van der Waals surface area contributed by atoms with E-state index in [0.29, 0.717) is 23.6 Å². The standard InChI is InChI=1S/C23H27FN4O2/c1-16-4-2-11-28(15-16)12-3-10-25-23(29)20-14-21-19(9-13-30-21)22(27-20)26-18-7-5-17(24)6-8-18/h5-9,13-14,16H,2-4,10-12,15H2,1H3,(H,25,29)(H,26,27)/t16-/m0/s1. The number of halogens is 1. The highest BCUT2D eigenvalue weighted by molar-refractivity contribution is 5.99. The number of benzene rings is 1. The Morgan fingerprint density at radius 1 is 1.30 bits per heavy atom. The van der Waals surface area contributed by atoms with Crippen LogP contribution in [0.25, 0.3) is 11.0 Å².